The molecule has 1 saturated heterocycles. The van der Waals surface area contributed by atoms with E-state index in [4.69, 9.17) is 19.5 Å². The van der Waals surface area contributed by atoms with Crippen LogP contribution in [0, 0.1) is 11.7 Å². The molecule has 1 aromatic carbocycles. The molecule has 0 radical (unpaired) electrons. The smallest absolute Gasteiger partial charge is 0.380 e. The monoisotopic (exact) mass is 547 g/mol. The van der Waals surface area contributed by atoms with E-state index in [9.17, 15) is 28.0 Å². The van der Waals surface area contributed by atoms with Gasteiger partial charge in [0.2, 0.25) is 0 Å². The zero-order valence-corrected chi connectivity index (χ0v) is 21.5. The van der Waals surface area contributed by atoms with Gasteiger partial charge in [-0.25, -0.2) is 18.1 Å². The van der Waals surface area contributed by atoms with E-state index < -0.39 is 66.3 Å². The predicted octanol–water partition coefficient (Wildman–Crippen LogP) is 3.15. The molecule has 0 bridgehead atoms. The third-order valence-electron chi connectivity index (χ3n) is 5.18. The first kappa shape index (κ1) is 28.1. The van der Waals surface area contributed by atoms with Gasteiger partial charge in [0.25, 0.3) is 0 Å². The molecule has 1 aliphatic rings. The summed E-state index contributed by atoms with van der Waals surface area (Å²) in [6.07, 6.45) is -3.62. The highest BCUT2D eigenvalue weighted by molar-refractivity contribution is 8.00. The van der Waals surface area contributed by atoms with Crippen LogP contribution in [0.25, 0.3) is 0 Å². The number of esters is 1. The number of nitrogens with zero attached hydrogens (tertiary/aromatic N) is 2. The van der Waals surface area contributed by atoms with Gasteiger partial charge < -0.3 is 20.1 Å². The minimum Gasteiger partial charge on any atom is -0.463 e. The molecule has 6 atom stereocenters. The number of aliphatic hydroxyl groups is 1. The zero-order valence-electron chi connectivity index (χ0n) is 19.8. The van der Waals surface area contributed by atoms with Crippen molar-refractivity contribution in [3.63, 3.8) is 0 Å². The van der Waals surface area contributed by atoms with E-state index in [1.165, 1.54) is 6.92 Å². The van der Waals surface area contributed by atoms with Crippen LogP contribution in [0.4, 0.5) is 14.6 Å². The van der Waals surface area contributed by atoms with E-state index in [-0.39, 0.29) is 18.0 Å². The van der Waals surface area contributed by atoms with Crippen LogP contribution < -0.4 is 15.9 Å². The van der Waals surface area contributed by atoms with Gasteiger partial charge in [-0.15, -0.1) is 11.8 Å². The third-order valence-corrected chi connectivity index (χ3v) is 8.73. The molecule has 1 aromatic heterocycles. The molecule has 2 heterocycles. The molecule has 2 aromatic rings. The van der Waals surface area contributed by atoms with Crippen LogP contribution >= 0.6 is 19.4 Å². The van der Waals surface area contributed by atoms with Crippen LogP contribution in [0.3, 0.4) is 0 Å². The minimum absolute atomic E-state index is 0.223. The van der Waals surface area contributed by atoms with Crippen molar-refractivity contribution in [2.24, 2.45) is 5.92 Å². The van der Waals surface area contributed by atoms with Gasteiger partial charge in [-0.3, -0.25) is 13.9 Å². The number of carbonyl (C=O) groups excluding carboxylic acids is 1. The lowest BCUT2D eigenvalue weighted by Crippen LogP contribution is -2.34. The number of nitrogen functional groups attached to an aromatic ring is 1. The van der Waals surface area contributed by atoms with Crippen molar-refractivity contribution in [1.82, 2.24) is 9.55 Å². The van der Waals surface area contributed by atoms with Gasteiger partial charge in [-0.1, -0.05) is 25.1 Å². The van der Waals surface area contributed by atoms with E-state index in [1.807, 2.05) is 0 Å². The first-order valence-corrected chi connectivity index (χ1v) is 13.8. The number of anilines is 1. The third kappa shape index (κ3) is 6.84. The maximum Gasteiger partial charge on any atom is 0.380 e. The number of thioether (sulfide) groups is 1. The second-order valence-corrected chi connectivity index (χ2v) is 11.9. The highest BCUT2D eigenvalue weighted by Gasteiger charge is 2.46. The Bertz CT molecular complexity index is 1170. The zero-order chi connectivity index (χ0) is 26.6. The summed E-state index contributed by atoms with van der Waals surface area (Å²) in [4.78, 5) is 27.7. The van der Waals surface area contributed by atoms with Gasteiger partial charge in [0, 0.05) is 6.20 Å². The largest absolute Gasteiger partial charge is 0.463 e. The Hall–Kier alpha value is -2.47. The van der Waals surface area contributed by atoms with Crippen LogP contribution in [-0.4, -0.2) is 57.0 Å². The lowest BCUT2D eigenvalue weighted by atomic mass is 10.1. The SMILES string of the molecule is CC(C)OC(=O)[C@H](C)C[P@](=O)(OC[C@H]1S[C@@H](n2cc(F)c(N)nc2=O)C(F)[C@@H]1O)Oc1ccccc1. The van der Waals surface area contributed by atoms with Gasteiger partial charge in [0.05, 0.1) is 30.0 Å². The summed E-state index contributed by atoms with van der Waals surface area (Å²) < 4.78 is 59.5. The van der Waals surface area contributed by atoms with Gasteiger partial charge in [0.15, 0.2) is 17.8 Å². The second kappa shape index (κ2) is 11.7. The van der Waals surface area contributed by atoms with Crippen molar-refractivity contribution in [3.8, 4) is 5.75 Å². The fourth-order valence-corrected chi connectivity index (χ4v) is 6.80. The van der Waals surface area contributed by atoms with E-state index in [0.717, 1.165) is 18.0 Å². The molecule has 0 spiro atoms. The van der Waals surface area contributed by atoms with Crippen LogP contribution in [0.15, 0.2) is 41.3 Å². The van der Waals surface area contributed by atoms with Crippen molar-refractivity contribution in [1.29, 1.82) is 0 Å². The molecule has 198 valence electrons. The molecule has 0 aliphatic carbocycles. The Morgan fingerprint density at radius 1 is 1.31 bits per heavy atom. The quantitative estimate of drug-likeness (QED) is 0.336. The van der Waals surface area contributed by atoms with Crippen LogP contribution in [0.2, 0.25) is 0 Å². The maximum absolute atomic E-state index is 14.9. The molecule has 0 amide bonds. The number of rotatable bonds is 10. The normalized spacial score (nSPS) is 24.3. The molecular weight excluding hydrogens is 519 g/mol. The topological polar surface area (TPSA) is 143 Å². The first-order valence-electron chi connectivity index (χ1n) is 11.1. The summed E-state index contributed by atoms with van der Waals surface area (Å²) in [5, 5.41) is 8.11. The number of halogens is 2. The highest BCUT2D eigenvalue weighted by Crippen LogP contribution is 2.52. The number of hydrogen-bond acceptors (Lipinski definition) is 10. The van der Waals surface area contributed by atoms with E-state index in [0.29, 0.717) is 4.57 Å². The van der Waals surface area contributed by atoms with Gasteiger partial charge in [-0.05, 0) is 26.0 Å². The number of aromatic nitrogens is 2. The Kier molecular flexibility index (Phi) is 9.15. The summed E-state index contributed by atoms with van der Waals surface area (Å²) >= 11 is 0.786. The van der Waals surface area contributed by atoms with E-state index in [2.05, 4.69) is 4.98 Å². The number of carbonyl (C=O) groups is 1. The lowest BCUT2D eigenvalue weighted by Gasteiger charge is -2.24. The van der Waals surface area contributed by atoms with Crippen molar-refractivity contribution >= 4 is 31.1 Å². The second-order valence-electron chi connectivity index (χ2n) is 8.54. The van der Waals surface area contributed by atoms with Crippen LogP contribution in [0.5, 0.6) is 5.75 Å². The number of benzene rings is 1. The average Bonchev–Trinajstić information content (AvgIpc) is 3.08. The van der Waals surface area contributed by atoms with Gasteiger partial charge in [-0.2, -0.15) is 4.98 Å². The number of aliphatic hydroxyl groups excluding tert-OH is 1. The fourth-order valence-electron chi connectivity index (χ4n) is 3.41. The van der Waals surface area contributed by atoms with Crippen LogP contribution in [-0.2, 0) is 18.6 Å². The molecule has 0 saturated carbocycles. The molecule has 36 heavy (non-hydrogen) atoms. The average molecular weight is 548 g/mol. The Balaban J connectivity index is 1.77. The number of hydrogen-bond donors (Lipinski definition) is 2. The van der Waals surface area contributed by atoms with E-state index in [1.54, 1.807) is 44.2 Å². The van der Waals surface area contributed by atoms with E-state index >= 15 is 0 Å². The predicted molar refractivity (Wildman–Crippen MR) is 130 cm³/mol. The number of ether oxygens (including phenoxy) is 1. The Morgan fingerprint density at radius 3 is 2.61 bits per heavy atom. The lowest BCUT2D eigenvalue weighted by molar-refractivity contribution is -0.151. The summed E-state index contributed by atoms with van der Waals surface area (Å²) in [5.74, 6) is -2.87. The molecule has 1 unspecified atom stereocenters. The van der Waals surface area contributed by atoms with Crippen molar-refractivity contribution in [2.45, 2.75) is 49.8 Å². The molecule has 14 heteroatoms. The Morgan fingerprint density at radius 2 is 1.97 bits per heavy atom. The summed E-state index contributed by atoms with van der Waals surface area (Å²) in [5.41, 5.74) is 4.29. The maximum atomic E-state index is 14.9. The van der Waals surface area contributed by atoms with Crippen molar-refractivity contribution < 1.29 is 37.0 Å². The van der Waals surface area contributed by atoms with Gasteiger partial charge in [0.1, 0.15) is 17.2 Å². The summed E-state index contributed by atoms with van der Waals surface area (Å²) in [6.45, 7) is 4.42. The fraction of sp³-hybridized carbons (Fsp3) is 0.500. The van der Waals surface area contributed by atoms with Crippen molar-refractivity contribution in [2.75, 3.05) is 18.5 Å². The molecule has 3 rings (SSSR count). The highest BCUT2D eigenvalue weighted by atomic mass is 32.2. The number of nitrogens with two attached hydrogens (primary N) is 1. The summed E-state index contributed by atoms with van der Waals surface area (Å²) in [7, 11) is -4.01. The molecular formula is C22H28F2N3O7PS. The van der Waals surface area contributed by atoms with Crippen LogP contribution in [0.1, 0.15) is 26.1 Å². The standard InChI is InChI=1S/C22H28F2N3O7PS/c1-12(2)33-21(29)13(3)11-35(31,34-14-7-5-4-6-8-14)32-10-16-18(28)17(24)20(36-16)27-9-15(23)19(25)26-22(27)30/h4-9,12-13,16-18,20,28H,10-11H2,1-3H3,(H2,25,26,30)/t13-,16-,17?,18-,20-,35+/m1/s1. The van der Waals surface area contributed by atoms with Crippen molar-refractivity contribution in [3.05, 3.63) is 52.8 Å². The number of alkyl halides is 1. The molecule has 1 aliphatic heterocycles. The minimum atomic E-state index is -4.01. The van der Waals surface area contributed by atoms with Gasteiger partial charge >= 0.3 is 19.3 Å². The first-order chi connectivity index (χ1) is 16.9. The summed E-state index contributed by atoms with van der Waals surface area (Å²) in [6, 6.07) is 8.14. The molecule has 3 N–H and O–H groups in total. The Labute approximate surface area is 210 Å². The molecule has 10 nitrogen and oxygen atoms in total. The number of para-hydroxylation sites is 1. The molecule has 1 fully saturated rings.